The zero-order valence-corrected chi connectivity index (χ0v) is 19.4. The number of hydrogen-bond acceptors (Lipinski definition) is 7. The lowest BCUT2D eigenvalue weighted by atomic mass is 10.1. The van der Waals surface area contributed by atoms with Gasteiger partial charge >= 0.3 is 0 Å². The average molecular weight is 470 g/mol. The Labute approximate surface area is 202 Å². The monoisotopic (exact) mass is 469 g/mol. The van der Waals surface area contributed by atoms with E-state index in [1.165, 1.54) is 11.8 Å². The number of aromatic nitrogens is 2. The molecule has 8 heteroatoms. The molecule has 1 amide bonds. The van der Waals surface area contributed by atoms with Gasteiger partial charge in [-0.2, -0.15) is 5.26 Å². The van der Waals surface area contributed by atoms with Gasteiger partial charge in [-0.3, -0.25) is 4.79 Å². The van der Waals surface area contributed by atoms with Crippen LogP contribution in [0.25, 0.3) is 11.0 Å². The molecule has 34 heavy (non-hydrogen) atoms. The van der Waals surface area contributed by atoms with Crippen LogP contribution >= 0.6 is 11.8 Å². The highest BCUT2D eigenvalue weighted by Crippen LogP contribution is 2.32. The first-order valence-electron chi connectivity index (χ1n) is 11.2. The summed E-state index contributed by atoms with van der Waals surface area (Å²) in [6.45, 7) is 2.84. The van der Waals surface area contributed by atoms with Crippen molar-refractivity contribution in [1.29, 1.82) is 5.26 Å². The van der Waals surface area contributed by atoms with Crippen molar-refractivity contribution in [2.75, 3.05) is 31.1 Å². The minimum atomic E-state index is -0.0811. The van der Waals surface area contributed by atoms with E-state index in [0.29, 0.717) is 40.9 Å². The van der Waals surface area contributed by atoms with Gasteiger partial charge in [0.1, 0.15) is 5.58 Å². The third-order valence-corrected chi connectivity index (χ3v) is 6.83. The molecule has 0 atom stereocenters. The Morgan fingerprint density at radius 3 is 2.59 bits per heavy atom. The van der Waals surface area contributed by atoms with Gasteiger partial charge in [-0.05, 0) is 42.8 Å². The van der Waals surface area contributed by atoms with Crippen LogP contribution in [0.1, 0.15) is 28.1 Å². The molecule has 2 aromatic heterocycles. The molecule has 0 spiro atoms. The number of thioether (sulfide) groups is 1. The van der Waals surface area contributed by atoms with E-state index in [0.717, 1.165) is 36.1 Å². The van der Waals surface area contributed by atoms with Crippen LogP contribution in [0.15, 0.2) is 76.6 Å². The third kappa shape index (κ3) is 4.61. The molecule has 0 bridgehead atoms. The Kier molecular flexibility index (Phi) is 6.45. The lowest BCUT2D eigenvalue weighted by Crippen LogP contribution is -2.35. The predicted octanol–water partition coefficient (Wildman–Crippen LogP) is 4.74. The summed E-state index contributed by atoms with van der Waals surface area (Å²) in [7, 11) is 0. The number of nitriles is 1. The summed E-state index contributed by atoms with van der Waals surface area (Å²) in [4.78, 5) is 26.3. The summed E-state index contributed by atoms with van der Waals surface area (Å²) >= 11 is 1.49. The van der Waals surface area contributed by atoms with Gasteiger partial charge in [0.05, 0.1) is 11.6 Å². The molecule has 1 aliphatic heterocycles. The molecule has 5 rings (SSSR count). The normalized spacial score (nSPS) is 14.1. The van der Waals surface area contributed by atoms with Gasteiger partial charge in [-0.15, -0.1) is 0 Å². The number of rotatable bonds is 5. The summed E-state index contributed by atoms with van der Waals surface area (Å²) in [5, 5.41) is 10.7. The summed E-state index contributed by atoms with van der Waals surface area (Å²) in [5.74, 6) is 0.867. The molecule has 2 aromatic carbocycles. The van der Waals surface area contributed by atoms with Crippen molar-refractivity contribution in [2.24, 2.45) is 0 Å². The predicted molar refractivity (Wildman–Crippen MR) is 132 cm³/mol. The van der Waals surface area contributed by atoms with E-state index in [1.54, 1.807) is 18.5 Å². The second-order valence-corrected chi connectivity index (χ2v) is 8.96. The number of carbonyl (C=O) groups excluding carboxylic acids is 1. The summed E-state index contributed by atoms with van der Waals surface area (Å²) in [5.41, 5.74) is 3.30. The standard InChI is InChI=1S/C26H23N5O2S/c27-17-19-7-9-20(10-8-19)30-13-4-14-31(16-15-30)25(32)24-22(18-34-26-28-11-3-12-29-26)21-5-1-2-6-23(21)33-24/h1-3,5-12H,4,13-16,18H2. The first-order valence-corrected chi connectivity index (χ1v) is 12.2. The topological polar surface area (TPSA) is 86.3 Å². The number of carbonyl (C=O) groups is 1. The molecule has 1 fully saturated rings. The van der Waals surface area contributed by atoms with Crippen LogP contribution in [-0.4, -0.2) is 47.0 Å². The van der Waals surface area contributed by atoms with Crippen LogP contribution in [0.2, 0.25) is 0 Å². The van der Waals surface area contributed by atoms with Crippen molar-refractivity contribution < 1.29 is 9.21 Å². The van der Waals surface area contributed by atoms with Crippen LogP contribution < -0.4 is 4.90 Å². The molecular weight excluding hydrogens is 446 g/mol. The first kappa shape index (κ1) is 22.0. The molecule has 7 nitrogen and oxygen atoms in total. The molecule has 4 aromatic rings. The fraction of sp³-hybridized carbons (Fsp3) is 0.231. The highest BCUT2D eigenvalue weighted by molar-refractivity contribution is 7.98. The van der Waals surface area contributed by atoms with Crippen LogP contribution in [0.5, 0.6) is 0 Å². The number of para-hydroxylation sites is 1. The number of fused-ring (bicyclic) bond motifs is 1. The maximum absolute atomic E-state index is 13.6. The lowest BCUT2D eigenvalue weighted by molar-refractivity contribution is 0.0736. The van der Waals surface area contributed by atoms with Crippen molar-refractivity contribution in [1.82, 2.24) is 14.9 Å². The van der Waals surface area contributed by atoms with Gasteiger partial charge in [-0.1, -0.05) is 30.0 Å². The zero-order chi connectivity index (χ0) is 23.3. The van der Waals surface area contributed by atoms with Gasteiger partial charge in [0.25, 0.3) is 5.91 Å². The number of nitrogens with zero attached hydrogens (tertiary/aromatic N) is 5. The van der Waals surface area contributed by atoms with E-state index >= 15 is 0 Å². The van der Waals surface area contributed by atoms with Crippen molar-refractivity contribution in [3.8, 4) is 6.07 Å². The van der Waals surface area contributed by atoms with Crippen molar-refractivity contribution in [3.05, 3.63) is 83.9 Å². The number of benzene rings is 2. The quantitative estimate of drug-likeness (QED) is 0.308. The smallest absolute Gasteiger partial charge is 0.289 e. The third-order valence-electron chi connectivity index (χ3n) is 5.92. The molecule has 0 aliphatic carbocycles. The van der Waals surface area contributed by atoms with Crippen molar-refractivity contribution >= 4 is 34.3 Å². The van der Waals surface area contributed by atoms with E-state index in [4.69, 9.17) is 9.68 Å². The van der Waals surface area contributed by atoms with Crippen molar-refractivity contribution in [3.63, 3.8) is 0 Å². The van der Waals surface area contributed by atoms with Crippen LogP contribution in [-0.2, 0) is 5.75 Å². The molecule has 0 N–H and O–H groups in total. The number of furan rings is 1. The lowest BCUT2D eigenvalue weighted by Gasteiger charge is -2.23. The molecule has 1 aliphatic rings. The summed E-state index contributed by atoms with van der Waals surface area (Å²) in [6.07, 6.45) is 4.28. The van der Waals surface area contributed by atoms with Gasteiger partial charge in [0.15, 0.2) is 10.9 Å². The van der Waals surface area contributed by atoms with Gasteiger partial charge in [0, 0.05) is 61.0 Å². The number of amides is 1. The molecule has 0 radical (unpaired) electrons. The number of anilines is 1. The second kappa shape index (κ2) is 9.98. The minimum absolute atomic E-state index is 0.0811. The minimum Gasteiger partial charge on any atom is -0.451 e. The zero-order valence-electron chi connectivity index (χ0n) is 18.6. The van der Waals surface area contributed by atoms with E-state index in [1.807, 2.05) is 53.4 Å². The molecular formula is C26H23N5O2S. The SMILES string of the molecule is N#Cc1ccc(N2CCCN(C(=O)c3oc4ccccc4c3CSc3ncccn3)CC2)cc1. The Balaban J connectivity index is 1.35. The van der Waals surface area contributed by atoms with Crippen LogP contribution in [0.4, 0.5) is 5.69 Å². The largest absolute Gasteiger partial charge is 0.451 e. The average Bonchev–Trinajstić information content (AvgIpc) is 3.08. The molecule has 170 valence electrons. The Morgan fingerprint density at radius 1 is 1.00 bits per heavy atom. The van der Waals surface area contributed by atoms with Crippen molar-refractivity contribution in [2.45, 2.75) is 17.3 Å². The van der Waals surface area contributed by atoms with Gasteiger partial charge in [-0.25, -0.2) is 9.97 Å². The van der Waals surface area contributed by atoms with Crippen LogP contribution in [0.3, 0.4) is 0 Å². The second-order valence-electron chi connectivity index (χ2n) is 8.02. The van der Waals surface area contributed by atoms with Crippen LogP contribution in [0, 0.1) is 11.3 Å². The van der Waals surface area contributed by atoms with E-state index in [9.17, 15) is 4.79 Å². The van der Waals surface area contributed by atoms with E-state index in [2.05, 4.69) is 20.9 Å². The molecule has 1 saturated heterocycles. The Hall–Kier alpha value is -3.83. The fourth-order valence-electron chi connectivity index (χ4n) is 4.18. The highest BCUT2D eigenvalue weighted by atomic mass is 32.2. The summed E-state index contributed by atoms with van der Waals surface area (Å²) in [6, 6.07) is 19.3. The number of hydrogen-bond donors (Lipinski definition) is 0. The fourth-order valence-corrected chi connectivity index (χ4v) is 5.01. The van der Waals surface area contributed by atoms with E-state index in [-0.39, 0.29) is 5.91 Å². The maximum atomic E-state index is 13.6. The maximum Gasteiger partial charge on any atom is 0.289 e. The van der Waals surface area contributed by atoms with Gasteiger partial charge < -0.3 is 14.2 Å². The Morgan fingerprint density at radius 2 is 1.79 bits per heavy atom. The summed E-state index contributed by atoms with van der Waals surface area (Å²) < 4.78 is 6.09. The molecule has 3 heterocycles. The van der Waals surface area contributed by atoms with Gasteiger partial charge in [0.2, 0.25) is 0 Å². The Bertz CT molecular complexity index is 1330. The van der Waals surface area contributed by atoms with E-state index < -0.39 is 0 Å². The first-order chi connectivity index (χ1) is 16.7. The molecule has 0 unspecified atom stereocenters. The molecule has 0 saturated carbocycles. The highest BCUT2D eigenvalue weighted by Gasteiger charge is 2.27.